The van der Waals surface area contributed by atoms with Crippen LogP contribution in [-0.2, 0) is 39.3 Å². The summed E-state index contributed by atoms with van der Waals surface area (Å²) in [7, 11) is 0. The number of rotatable bonds is 4. The summed E-state index contributed by atoms with van der Waals surface area (Å²) >= 11 is 0. The van der Waals surface area contributed by atoms with Crippen LogP contribution in [-0.4, -0.2) is 23.9 Å². The smallest absolute Gasteiger partial charge is 0.550 e. The molecule has 0 saturated heterocycles. The number of carboxylic acids is 4. The second-order valence-corrected chi connectivity index (χ2v) is 2.90. The molecule has 0 rings (SSSR count). The first-order chi connectivity index (χ1) is 9.08. The van der Waals surface area contributed by atoms with Crippen molar-refractivity contribution in [3.63, 3.8) is 0 Å². The van der Waals surface area contributed by atoms with Gasteiger partial charge in [0, 0.05) is 23.9 Å². The molecule has 0 atom stereocenters. The third kappa shape index (κ3) is 119. The Labute approximate surface area is 137 Å². The molecular weight excluding hydrogens is 464 g/mol. The topological polar surface area (TPSA) is 161 Å². The van der Waals surface area contributed by atoms with E-state index in [9.17, 15) is 39.6 Å². The minimum absolute atomic E-state index is 0. The third-order valence-electron chi connectivity index (χ3n) is 1.15. The number of hydrogen-bond acceptors (Lipinski definition) is 8. The Morgan fingerprint density at radius 3 is 0.571 bits per heavy atom. The van der Waals surface area contributed by atoms with Gasteiger partial charge in [-0.3, -0.25) is 0 Å². The molecule has 1 radical (unpaired) electrons. The van der Waals surface area contributed by atoms with Crippen LogP contribution in [0.3, 0.4) is 0 Å². The molecule has 125 valence electrons. The third-order valence-corrected chi connectivity index (χ3v) is 1.15. The van der Waals surface area contributed by atoms with Crippen LogP contribution >= 0.6 is 0 Å². The number of carbonyl (C=O) groups is 4. The van der Waals surface area contributed by atoms with Gasteiger partial charge >= 0.3 is 20.1 Å². The van der Waals surface area contributed by atoms with Gasteiger partial charge in [0.25, 0.3) is 0 Å². The Bertz CT molecular complexity index is 222. The van der Waals surface area contributed by atoms with Gasteiger partial charge in [-0.25, -0.2) is 0 Å². The molecule has 21 heavy (non-hydrogen) atoms. The summed E-state index contributed by atoms with van der Waals surface area (Å²) in [5.74, 6) is -3.98. The van der Waals surface area contributed by atoms with Gasteiger partial charge in [-0.05, 0) is 25.7 Å². The van der Waals surface area contributed by atoms with E-state index in [1.807, 2.05) is 0 Å². The fourth-order valence-electron chi connectivity index (χ4n) is 0. The largest absolute Gasteiger partial charge is 4.00 e. The average molecular weight is 485 g/mol. The van der Waals surface area contributed by atoms with Gasteiger partial charge in [0.05, 0.1) is 0 Å². The summed E-state index contributed by atoms with van der Waals surface area (Å²) in [6.07, 6.45) is 0.444. The fraction of sp³-hybridized carbons (Fsp3) is 0.667. The summed E-state index contributed by atoms with van der Waals surface area (Å²) in [6, 6.07) is 0. The van der Waals surface area contributed by atoms with Gasteiger partial charge < -0.3 is 39.6 Å². The number of carbonyl (C=O) groups excluding carboxylic acids is 4. The van der Waals surface area contributed by atoms with Crippen molar-refractivity contribution < 1.29 is 59.7 Å². The molecule has 9 heteroatoms. The molecule has 0 unspecified atom stereocenters. The standard InChI is InChI=1S/4C3H6O2.Ir/c4*1-2-3(4)5;/h4*2H2,1H3,(H,4,5);/q;;;;+4/p-4. The molecule has 0 spiro atoms. The summed E-state index contributed by atoms with van der Waals surface area (Å²) in [6.45, 7) is 6.15. The zero-order valence-corrected chi connectivity index (χ0v) is 14.8. The second kappa shape index (κ2) is 27.0. The summed E-state index contributed by atoms with van der Waals surface area (Å²) in [4.78, 5) is 37.0. The maximum Gasteiger partial charge on any atom is 4.00 e. The van der Waals surface area contributed by atoms with Crippen molar-refractivity contribution in [2.75, 3.05) is 0 Å². The van der Waals surface area contributed by atoms with Crippen LogP contribution in [0.1, 0.15) is 53.4 Å². The second-order valence-electron chi connectivity index (χ2n) is 2.90. The van der Waals surface area contributed by atoms with Crippen LogP contribution in [0.5, 0.6) is 0 Å². The predicted octanol–water partition coefficient (Wildman–Crippen LogP) is -3.42. The van der Waals surface area contributed by atoms with Crippen molar-refractivity contribution in [1.29, 1.82) is 0 Å². The van der Waals surface area contributed by atoms with Gasteiger partial charge in [0.2, 0.25) is 0 Å². The molecule has 0 aromatic heterocycles. The molecule has 0 amide bonds. The average Bonchev–Trinajstić information content (AvgIpc) is 2.40. The van der Waals surface area contributed by atoms with Crippen LogP contribution in [0.2, 0.25) is 0 Å². The molecule has 0 saturated carbocycles. The number of hydrogen-bond donors (Lipinski definition) is 0. The monoisotopic (exact) mass is 485 g/mol. The zero-order chi connectivity index (χ0) is 17.1. The van der Waals surface area contributed by atoms with Crippen molar-refractivity contribution in [3.05, 3.63) is 0 Å². The maximum absolute atomic E-state index is 9.26. The molecule has 0 aliphatic heterocycles. The summed E-state index contributed by atoms with van der Waals surface area (Å²) < 4.78 is 0. The maximum atomic E-state index is 9.26. The molecule has 0 bridgehead atoms. The molecular formula is C12H20IrO8. The Kier molecular flexibility index (Phi) is 40.8. The molecule has 0 aromatic rings. The van der Waals surface area contributed by atoms with Gasteiger partial charge in [-0.2, -0.15) is 0 Å². The van der Waals surface area contributed by atoms with E-state index in [4.69, 9.17) is 0 Å². The minimum atomic E-state index is -0.995. The van der Waals surface area contributed by atoms with Gasteiger partial charge in [0.15, 0.2) is 0 Å². The van der Waals surface area contributed by atoms with E-state index in [0.717, 1.165) is 0 Å². The van der Waals surface area contributed by atoms with E-state index in [1.54, 1.807) is 0 Å². The van der Waals surface area contributed by atoms with Crippen molar-refractivity contribution in [3.8, 4) is 0 Å². The van der Waals surface area contributed by atoms with Crippen LogP contribution in [0, 0.1) is 0 Å². The molecule has 0 heterocycles. The van der Waals surface area contributed by atoms with Crippen molar-refractivity contribution >= 4 is 23.9 Å². The Balaban J connectivity index is -0.0000000533. The Morgan fingerprint density at radius 2 is 0.571 bits per heavy atom. The van der Waals surface area contributed by atoms with Crippen LogP contribution < -0.4 is 20.4 Å². The predicted molar refractivity (Wildman–Crippen MR) is 61.2 cm³/mol. The van der Waals surface area contributed by atoms with E-state index in [-0.39, 0.29) is 45.8 Å². The summed E-state index contributed by atoms with van der Waals surface area (Å²) in [5, 5.41) is 37.0. The number of aliphatic carboxylic acids is 4. The Morgan fingerprint density at radius 1 is 0.524 bits per heavy atom. The molecule has 0 N–H and O–H groups in total. The normalized spacial score (nSPS) is 7.05. The van der Waals surface area contributed by atoms with E-state index in [1.165, 1.54) is 27.7 Å². The van der Waals surface area contributed by atoms with E-state index in [0.29, 0.717) is 0 Å². The van der Waals surface area contributed by atoms with E-state index >= 15 is 0 Å². The van der Waals surface area contributed by atoms with Crippen LogP contribution in [0.15, 0.2) is 0 Å². The zero-order valence-electron chi connectivity index (χ0n) is 12.4. The quantitative estimate of drug-likeness (QED) is 0.399. The van der Waals surface area contributed by atoms with E-state index < -0.39 is 23.9 Å². The van der Waals surface area contributed by atoms with E-state index in [2.05, 4.69) is 0 Å². The molecule has 0 aromatic carbocycles. The SMILES string of the molecule is CCC(=O)[O-].CCC(=O)[O-].CCC(=O)[O-].CCC(=O)[O-].[Ir+4]. The fourth-order valence-corrected chi connectivity index (χ4v) is 0. The van der Waals surface area contributed by atoms with Gasteiger partial charge in [-0.1, -0.05) is 27.7 Å². The van der Waals surface area contributed by atoms with Crippen LogP contribution in [0.4, 0.5) is 0 Å². The summed E-state index contributed by atoms with van der Waals surface area (Å²) in [5.41, 5.74) is 0. The molecule has 0 fully saturated rings. The Hall–Kier alpha value is -1.47. The first-order valence-electron chi connectivity index (χ1n) is 5.88. The first kappa shape index (κ1) is 31.8. The van der Waals surface area contributed by atoms with Crippen molar-refractivity contribution in [1.82, 2.24) is 0 Å². The van der Waals surface area contributed by atoms with Crippen molar-refractivity contribution in [2.24, 2.45) is 0 Å². The minimum Gasteiger partial charge on any atom is -0.550 e. The molecule has 8 nitrogen and oxygen atoms in total. The molecule has 0 aliphatic rings. The first-order valence-corrected chi connectivity index (χ1v) is 5.88. The van der Waals surface area contributed by atoms with Crippen molar-refractivity contribution in [2.45, 2.75) is 53.4 Å². The number of carboxylic acid groups (broad SMARTS) is 4. The van der Waals surface area contributed by atoms with Gasteiger partial charge in [-0.15, -0.1) is 0 Å². The molecule has 0 aliphatic carbocycles. The van der Waals surface area contributed by atoms with Gasteiger partial charge in [0.1, 0.15) is 0 Å². The van der Waals surface area contributed by atoms with Crippen LogP contribution in [0.25, 0.3) is 0 Å².